The van der Waals surface area contributed by atoms with E-state index in [2.05, 4.69) is 50.2 Å². The molecule has 0 aliphatic rings. The second-order valence-electron chi connectivity index (χ2n) is 3.56. The van der Waals surface area contributed by atoms with Gasteiger partial charge in [-0.1, -0.05) is 13.8 Å². The van der Waals surface area contributed by atoms with Crippen LogP contribution in [0.15, 0.2) is 36.4 Å². The minimum atomic E-state index is 0. The summed E-state index contributed by atoms with van der Waals surface area (Å²) in [6.07, 6.45) is 0. The third-order valence-electron chi connectivity index (χ3n) is 2.20. The van der Waals surface area contributed by atoms with E-state index in [1.807, 2.05) is 12.1 Å². The Morgan fingerprint density at radius 2 is 1.20 bits per heavy atom. The van der Waals surface area contributed by atoms with Crippen LogP contribution in [0.5, 0.6) is 0 Å². The fourth-order valence-electron chi connectivity index (χ4n) is 1.47. The van der Waals surface area contributed by atoms with Crippen molar-refractivity contribution in [3.8, 4) is 11.1 Å². The van der Waals surface area contributed by atoms with Crippen molar-refractivity contribution in [2.75, 3.05) is 0 Å². The summed E-state index contributed by atoms with van der Waals surface area (Å²) in [4.78, 5) is 0. The van der Waals surface area contributed by atoms with Gasteiger partial charge in [0.2, 0.25) is 0 Å². The summed E-state index contributed by atoms with van der Waals surface area (Å²) >= 11 is 0. The number of hydrogen-bond acceptors (Lipinski definition) is 0. The predicted molar refractivity (Wildman–Crippen MR) is 59.0 cm³/mol. The van der Waals surface area contributed by atoms with E-state index in [9.17, 15) is 0 Å². The van der Waals surface area contributed by atoms with Crippen LogP contribution >= 0.6 is 0 Å². The maximum absolute atomic E-state index is 3.22. The van der Waals surface area contributed by atoms with E-state index in [0.29, 0.717) is 0 Å². The second-order valence-corrected chi connectivity index (χ2v) is 3.56. The average molecular weight is 372 g/mol. The fraction of sp³-hybridized carbons (Fsp3) is 0.143. The zero-order chi connectivity index (χ0) is 9.97. The van der Waals surface area contributed by atoms with Gasteiger partial charge in [-0.15, -0.1) is 23.3 Å². The van der Waals surface area contributed by atoms with Gasteiger partial charge in [-0.25, -0.2) is 11.1 Å². The molecule has 0 aromatic heterocycles. The molecule has 0 saturated heterocycles. The zero-order valence-corrected chi connectivity index (χ0v) is 11.2. The van der Waals surface area contributed by atoms with Crippen LogP contribution in [0.1, 0.15) is 11.1 Å². The molecule has 0 amide bonds. The van der Waals surface area contributed by atoms with E-state index < -0.39 is 0 Å². The topological polar surface area (TPSA) is 0 Å². The van der Waals surface area contributed by atoms with Gasteiger partial charge in [-0.05, 0) is 0 Å². The van der Waals surface area contributed by atoms with E-state index >= 15 is 0 Å². The smallest absolute Gasteiger partial charge is 0 e. The Balaban J connectivity index is 0.00000112. The Morgan fingerprint density at radius 1 is 0.800 bits per heavy atom. The molecule has 0 aliphatic heterocycles. The molecule has 1 heteroatoms. The zero-order valence-electron chi connectivity index (χ0n) is 8.80. The van der Waals surface area contributed by atoms with Gasteiger partial charge in [0.25, 0.3) is 0 Å². The Hall–Kier alpha value is -0.911. The molecule has 2 aromatic rings. The normalized spacial score (nSPS) is 9.47. The molecule has 0 unspecified atom stereocenters. The van der Waals surface area contributed by atoms with E-state index in [1.54, 1.807) is 0 Å². The van der Waals surface area contributed by atoms with Crippen LogP contribution in [-0.4, -0.2) is 0 Å². The Labute approximate surface area is 105 Å². The van der Waals surface area contributed by atoms with Gasteiger partial charge in [-0.3, -0.25) is 0 Å². The first-order chi connectivity index (χ1) is 6.75. The maximum Gasteiger partial charge on any atom is 0 e. The third-order valence-corrected chi connectivity index (χ3v) is 2.20. The monoisotopic (exact) mass is 373 g/mol. The molecule has 1 radical (unpaired) electrons. The number of hydrogen-bond donors (Lipinski definition) is 0. The fourth-order valence-corrected chi connectivity index (χ4v) is 1.47. The van der Waals surface area contributed by atoms with Crippen LogP contribution < -0.4 is 0 Å². The number of benzene rings is 2. The van der Waals surface area contributed by atoms with Crippen molar-refractivity contribution in [1.29, 1.82) is 0 Å². The van der Waals surface area contributed by atoms with Crippen molar-refractivity contribution in [3.63, 3.8) is 0 Å². The maximum atomic E-state index is 3.22. The minimum absolute atomic E-state index is 0. The first-order valence-electron chi connectivity index (χ1n) is 4.73. The first kappa shape index (κ1) is 12.2. The summed E-state index contributed by atoms with van der Waals surface area (Å²) < 4.78 is 0. The summed E-state index contributed by atoms with van der Waals surface area (Å²) in [6, 6.07) is 18.7. The molecule has 0 saturated carbocycles. The van der Waals surface area contributed by atoms with Gasteiger partial charge in [-0.2, -0.15) is 36.4 Å². The first-order valence-corrected chi connectivity index (χ1v) is 4.73. The van der Waals surface area contributed by atoms with Crippen LogP contribution in [0, 0.1) is 26.0 Å². The van der Waals surface area contributed by atoms with Gasteiger partial charge >= 0.3 is 0 Å². The molecule has 0 heterocycles. The SMILES string of the molecule is Cc1cc[c-]c(-c2[c-]ccc(C)c2)c1.[Ir]. The molecular formula is C14H12Ir-2. The quantitative estimate of drug-likeness (QED) is 0.672. The van der Waals surface area contributed by atoms with Gasteiger partial charge in [0.05, 0.1) is 0 Å². The Bertz CT molecular complexity index is 403. The van der Waals surface area contributed by atoms with Crippen molar-refractivity contribution in [2.24, 2.45) is 0 Å². The van der Waals surface area contributed by atoms with Crippen molar-refractivity contribution < 1.29 is 20.1 Å². The summed E-state index contributed by atoms with van der Waals surface area (Å²) in [5, 5.41) is 0. The van der Waals surface area contributed by atoms with Crippen LogP contribution in [0.25, 0.3) is 11.1 Å². The summed E-state index contributed by atoms with van der Waals surface area (Å²) in [7, 11) is 0. The largest absolute Gasteiger partial charge is 0.226 e. The molecule has 0 N–H and O–H groups in total. The molecule has 15 heavy (non-hydrogen) atoms. The number of aryl methyl sites for hydroxylation is 2. The van der Waals surface area contributed by atoms with Gasteiger partial charge in [0.1, 0.15) is 0 Å². The molecule has 2 rings (SSSR count). The number of rotatable bonds is 1. The van der Waals surface area contributed by atoms with Gasteiger partial charge in [0, 0.05) is 20.1 Å². The predicted octanol–water partition coefficient (Wildman–Crippen LogP) is 3.57. The van der Waals surface area contributed by atoms with Crippen molar-refractivity contribution in [3.05, 3.63) is 59.7 Å². The van der Waals surface area contributed by atoms with E-state index in [0.717, 1.165) is 11.1 Å². The van der Waals surface area contributed by atoms with Gasteiger partial charge < -0.3 is 0 Å². The molecular weight excluding hydrogens is 360 g/mol. The van der Waals surface area contributed by atoms with Crippen LogP contribution in [0.2, 0.25) is 0 Å². The third kappa shape index (κ3) is 3.02. The summed E-state index contributed by atoms with van der Waals surface area (Å²) in [5.74, 6) is 0. The Morgan fingerprint density at radius 3 is 1.53 bits per heavy atom. The molecule has 2 aromatic carbocycles. The van der Waals surface area contributed by atoms with Crippen LogP contribution in [0.3, 0.4) is 0 Å². The molecule has 0 bridgehead atoms. The summed E-state index contributed by atoms with van der Waals surface area (Å²) in [5.41, 5.74) is 4.75. The van der Waals surface area contributed by atoms with Crippen molar-refractivity contribution in [1.82, 2.24) is 0 Å². The van der Waals surface area contributed by atoms with Gasteiger partial charge in [0.15, 0.2) is 0 Å². The van der Waals surface area contributed by atoms with Crippen molar-refractivity contribution in [2.45, 2.75) is 13.8 Å². The van der Waals surface area contributed by atoms with Crippen molar-refractivity contribution >= 4 is 0 Å². The second kappa shape index (κ2) is 5.25. The minimum Gasteiger partial charge on any atom is -0.226 e. The molecule has 79 valence electrons. The van der Waals surface area contributed by atoms with E-state index in [1.165, 1.54) is 11.1 Å². The Kier molecular flexibility index (Phi) is 4.26. The van der Waals surface area contributed by atoms with E-state index in [-0.39, 0.29) is 20.1 Å². The molecule has 0 atom stereocenters. The molecule has 0 aliphatic carbocycles. The molecule has 0 spiro atoms. The summed E-state index contributed by atoms with van der Waals surface area (Å²) in [6.45, 7) is 4.18. The van der Waals surface area contributed by atoms with E-state index in [4.69, 9.17) is 0 Å². The average Bonchev–Trinajstić information content (AvgIpc) is 2.18. The molecule has 0 nitrogen and oxygen atoms in total. The standard InChI is InChI=1S/C14H12.Ir/c1-11-5-3-7-13(9-11)14-8-4-6-12(2)10-14;/h3-6,9-10H,1-2H3;/q-2;. The van der Waals surface area contributed by atoms with Crippen LogP contribution in [0.4, 0.5) is 0 Å². The van der Waals surface area contributed by atoms with Crippen LogP contribution in [-0.2, 0) is 20.1 Å². The molecule has 0 fully saturated rings.